The molecule has 1 aliphatic rings. The summed E-state index contributed by atoms with van der Waals surface area (Å²) in [5.41, 5.74) is 0.655. The highest BCUT2D eigenvalue weighted by atomic mass is 79.9. The Kier molecular flexibility index (Phi) is 4.17. The average molecular weight is 303 g/mol. The summed E-state index contributed by atoms with van der Waals surface area (Å²) >= 11 is 3.28. The average Bonchev–Trinajstić information content (AvgIpc) is 2.29. The predicted octanol–water partition coefficient (Wildman–Crippen LogP) is 2.92. The number of aliphatic hydroxyl groups is 1. The largest absolute Gasteiger partial charge is 0.396 e. The number of rotatable bonds is 3. The third kappa shape index (κ3) is 3.27. The summed E-state index contributed by atoms with van der Waals surface area (Å²) in [4.78, 5) is 0. The molecule has 1 saturated heterocycles. The van der Waals surface area contributed by atoms with E-state index in [2.05, 4.69) is 15.9 Å². The van der Waals surface area contributed by atoms with E-state index >= 15 is 0 Å². The zero-order valence-electron chi connectivity index (χ0n) is 9.59. The second-order valence-electron chi connectivity index (χ2n) is 4.77. The Hall–Kier alpha value is -0.450. The van der Waals surface area contributed by atoms with E-state index in [4.69, 9.17) is 4.74 Å². The van der Waals surface area contributed by atoms with Gasteiger partial charge in [0.2, 0.25) is 0 Å². The Balaban J connectivity index is 2.17. The van der Waals surface area contributed by atoms with E-state index in [1.165, 1.54) is 12.1 Å². The van der Waals surface area contributed by atoms with Crippen molar-refractivity contribution in [2.24, 2.45) is 5.41 Å². The van der Waals surface area contributed by atoms with E-state index in [0.717, 1.165) is 29.5 Å². The first-order valence-corrected chi connectivity index (χ1v) is 6.56. The van der Waals surface area contributed by atoms with Gasteiger partial charge in [-0.25, -0.2) is 4.39 Å². The zero-order valence-corrected chi connectivity index (χ0v) is 11.2. The van der Waals surface area contributed by atoms with E-state index in [9.17, 15) is 9.50 Å². The highest BCUT2D eigenvalue weighted by Crippen LogP contribution is 2.32. The van der Waals surface area contributed by atoms with Crippen LogP contribution in [0.5, 0.6) is 0 Å². The van der Waals surface area contributed by atoms with Crippen LogP contribution in [0.2, 0.25) is 0 Å². The highest BCUT2D eigenvalue weighted by molar-refractivity contribution is 9.10. The molecule has 0 saturated carbocycles. The van der Waals surface area contributed by atoms with Crippen LogP contribution >= 0.6 is 15.9 Å². The van der Waals surface area contributed by atoms with Crippen LogP contribution in [0.1, 0.15) is 18.4 Å². The van der Waals surface area contributed by atoms with Crippen LogP contribution in [0.4, 0.5) is 4.39 Å². The lowest BCUT2D eigenvalue weighted by atomic mass is 9.78. The number of halogens is 2. The van der Waals surface area contributed by atoms with Crippen molar-refractivity contribution in [3.8, 4) is 0 Å². The number of aliphatic hydroxyl groups excluding tert-OH is 1. The van der Waals surface area contributed by atoms with Gasteiger partial charge in [0.25, 0.3) is 0 Å². The fourth-order valence-electron chi connectivity index (χ4n) is 2.38. The number of hydrogen-bond donors (Lipinski definition) is 1. The summed E-state index contributed by atoms with van der Waals surface area (Å²) in [6, 6.07) is 4.86. The van der Waals surface area contributed by atoms with Gasteiger partial charge in [0.1, 0.15) is 5.82 Å². The molecule has 0 bridgehead atoms. The molecule has 1 fully saturated rings. The summed E-state index contributed by atoms with van der Waals surface area (Å²) in [7, 11) is 0. The molecule has 0 amide bonds. The molecule has 0 aliphatic carbocycles. The van der Waals surface area contributed by atoms with Gasteiger partial charge in [0.05, 0.1) is 13.2 Å². The van der Waals surface area contributed by atoms with Gasteiger partial charge in [0, 0.05) is 16.5 Å². The van der Waals surface area contributed by atoms with Crippen molar-refractivity contribution >= 4 is 15.9 Å². The maximum Gasteiger partial charge on any atom is 0.124 e. The van der Waals surface area contributed by atoms with Gasteiger partial charge >= 0.3 is 0 Å². The van der Waals surface area contributed by atoms with E-state index < -0.39 is 0 Å². The molecule has 1 aromatic carbocycles. The molecule has 1 atom stereocenters. The van der Waals surface area contributed by atoms with Crippen LogP contribution < -0.4 is 0 Å². The molecular weight excluding hydrogens is 287 g/mol. The van der Waals surface area contributed by atoms with Crippen LogP contribution in [-0.4, -0.2) is 24.9 Å². The lowest BCUT2D eigenvalue weighted by Crippen LogP contribution is -2.37. The van der Waals surface area contributed by atoms with E-state index in [1.54, 1.807) is 0 Å². The summed E-state index contributed by atoms with van der Waals surface area (Å²) in [6.07, 6.45) is 2.54. The van der Waals surface area contributed by atoms with Crippen LogP contribution in [0.15, 0.2) is 22.7 Å². The quantitative estimate of drug-likeness (QED) is 0.930. The second-order valence-corrected chi connectivity index (χ2v) is 5.68. The van der Waals surface area contributed by atoms with Gasteiger partial charge in [0.15, 0.2) is 0 Å². The van der Waals surface area contributed by atoms with Crippen LogP contribution in [-0.2, 0) is 11.2 Å². The fraction of sp³-hybridized carbons (Fsp3) is 0.538. The first-order chi connectivity index (χ1) is 8.13. The smallest absolute Gasteiger partial charge is 0.124 e. The summed E-state index contributed by atoms with van der Waals surface area (Å²) in [5.74, 6) is -0.251. The zero-order chi connectivity index (χ0) is 12.3. The highest BCUT2D eigenvalue weighted by Gasteiger charge is 2.32. The minimum absolute atomic E-state index is 0.0845. The number of benzene rings is 1. The maximum atomic E-state index is 13.3. The molecule has 1 heterocycles. The maximum absolute atomic E-state index is 13.3. The molecule has 1 aromatic rings. The van der Waals surface area contributed by atoms with Gasteiger partial charge in [-0.15, -0.1) is 0 Å². The van der Waals surface area contributed by atoms with Gasteiger partial charge in [-0.1, -0.05) is 15.9 Å². The van der Waals surface area contributed by atoms with Crippen LogP contribution in [0.25, 0.3) is 0 Å². The molecule has 0 radical (unpaired) electrons. The van der Waals surface area contributed by atoms with Crippen molar-refractivity contribution in [1.29, 1.82) is 0 Å². The summed E-state index contributed by atoms with van der Waals surface area (Å²) < 4.78 is 19.5. The van der Waals surface area contributed by atoms with Crippen molar-refractivity contribution < 1.29 is 14.2 Å². The monoisotopic (exact) mass is 302 g/mol. The molecule has 2 nitrogen and oxygen atoms in total. The van der Waals surface area contributed by atoms with Gasteiger partial charge in [-0.3, -0.25) is 0 Å². The number of hydrogen-bond acceptors (Lipinski definition) is 2. The SMILES string of the molecule is OCC1(Cc2cc(F)cc(Br)c2)CCCOC1. The van der Waals surface area contributed by atoms with Gasteiger partial charge < -0.3 is 9.84 Å². The molecule has 1 aliphatic heterocycles. The molecule has 2 rings (SSSR count). The Morgan fingerprint density at radius 2 is 2.24 bits per heavy atom. The Morgan fingerprint density at radius 1 is 1.41 bits per heavy atom. The van der Waals surface area contributed by atoms with Gasteiger partial charge in [-0.05, 0) is 43.0 Å². The van der Waals surface area contributed by atoms with Crippen molar-refractivity contribution in [2.75, 3.05) is 19.8 Å². The molecule has 17 heavy (non-hydrogen) atoms. The van der Waals surface area contributed by atoms with E-state index in [0.29, 0.717) is 13.0 Å². The van der Waals surface area contributed by atoms with Crippen molar-refractivity contribution in [2.45, 2.75) is 19.3 Å². The fourth-order valence-corrected chi connectivity index (χ4v) is 2.89. The third-order valence-electron chi connectivity index (χ3n) is 3.24. The molecule has 1 unspecified atom stereocenters. The first-order valence-electron chi connectivity index (χ1n) is 5.77. The lowest BCUT2D eigenvalue weighted by Gasteiger charge is -2.35. The normalized spacial score (nSPS) is 24.9. The van der Waals surface area contributed by atoms with E-state index in [-0.39, 0.29) is 17.8 Å². The van der Waals surface area contributed by atoms with Crippen LogP contribution in [0, 0.1) is 11.2 Å². The van der Waals surface area contributed by atoms with Crippen molar-refractivity contribution in [1.82, 2.24) is 0 Å². The first kappa shape index (κ1) is 13.0. The Labute approximate surface area is 109 Å². The standard InChI is InChI=1S/C13H16BrFO2/c14-11-4-10(5-12(15)6-11)7-13(8-16)2-1-3-17-9-13/h4-6,16H,1-3,7-9H2. The van der Waals surface area contributed by atoms with Crippen molar-refractivity contribution in [3.63, 3.8) is 0 Å². The number of ether oxygens (including phenoxy) is 1. The summed E-state index contributed by atoms with van der Waals surface area (Å²) in [5, 5.41) is 9.56. The second kappa shape index (κ2) is 5.46. The minimum atomic E-state index is -0.251. The topological polar surface area (TPSA) is 29.5 Å². The summed E-state index contributed by atoms with van der Waals surface area (Å²) in [6.45, 7) is 1.40. The molecular formula is C13H16BrFO2. The Morgan fingerprint density at radius 3 is 2.82 bits per heavy atom. The lowest BCUT2D eigenvalue weighted by molar-refractivity contribution is -0.0379. The molecule has 94 valence electrons. The Bertz CT molecular complexity index is 369. The third-order valence-corrected chi connectivity index (χ3v) is 3.70. The van der Waals surface area contributed by atoms with Gasteiger partial charge in [-0.2, -0.15) is 0 Å². The minimum Gasteiger partial charge on any atom is -0.396 e. The molecule has 0 spiro atoms. The molecule has 0 aromatic heterocycles. The van der Waals surface area contributed by atoms with Crippen LogP contribution in [0.3, 0.4) is 0 Å². The predicted molar refractivity (Wildman–Crippen MR) is 67.4 cm³/mol. The molecule has 4 heteroatoms. The van der Waals surface area contributed by atoms with E-state index in [1.807, 2.05) is 6.07 Å². The molecule has 1 N–H and O–H groups in total. The van der Waals surface area contributed by atoms with Crippen molar-refractivity contribution in [3.05, 3.63) is 34.1 Å².